The number of halogens is 1. The topological polar surface area (TPSA) is 38.3 Å². The van der Waals surface area contributed by atoms with Crippen LogP contribution in [0.4, 0.5) is 0 Å². The fourth-order valence-electron chi connectivity index (χ4n) is 2.63. The van der Waals surface area contributed by atoms with Crippen LogP contribution in [0.5, 0.6) is 0 Å². The summed E-state index contributed by atoms with van der Waals surface area (Å²) in [4.78, 5) is 12.3. The Hall–Kier alpha value is -0.870. The molecule has 3 nitrogen and oxygen atoms in total. The van der Waals surface area contributed by atoms with Crippen molar-refractivity contribution < 1.29 is 9.53 Å². The molecule has 1 aromatic carbocycles. The normalized spacial score (nSPS) is 22.9. The molecule has 0 aliphatic carbocycles. The maximum Gasteiger partial charge on any atom is 0.311 e. The van der Waals surface area contributed by atoms with Crippen molar-refractivity contribution in [1.82, 2.24) is 5.32 Å². The number of esters is 1. The first-order valence-electron chi connectivity index (χ1n) is 6.97. The van der Waals surface area contributed by atoms with Crippen LogP contribution in [0.1, 0.15) is 37.8 Å². The first-order chi connectivity index (χ1) is 9.26. The zero-order valence-corrected chi connectivity index (χ0v) is 14.1. The van der Waals surface area contributed by atoms with Crippen LogP contribution in [-0.2, 0) is 9.53 Å². The van der Waals surface area contributed by atoms with E-state index in [1.165, 1.54) is 11.1 Å². The van der Waals surface area contributed by atoms with Gasteiger partial charge in [0.15, 0.2) is 0 Å². The average molecular weight is 340 g/mol. The van der Waals surface area contributed by atoms with Crippen LogP contribution < -0.4 is 5.32 Å². The van der Waals surface area contributed by atoms with Gasteiger partial charge >= 0.3 is 5.97 Å². The summed E-state index contributed by atoms with van der Waals surface area (Å²) >= 11 is 3.53. The van der Waals surface area contributed by atoms with Gasteiger partial charge in [-0.3, -0.25) is 4.79 Å². The summed E-state index contributed by atoms with van der Waals surface area (Å²) in [6, 6.07) is 6.33. The molecule has 2 unspecified atom stereocenters. The Balaban J connectivity index is 2.20. The summed E-state index contributed by atoms with van der Waals surface area (Å²) in [5.41, 5.74) is 1.96. The quantitative estimate of drug-likeness (QED) is 0.839. The molecule has 4 heteroatoms. The predicted molar refractivity (Wildman–Crippen MR) is 83.8 cm³/mol. The summed E-state index contributed by atoms with van der Waals surface area (Å²) in [7, 11) is 0. The largest absolute Gasteiger partial charge is 0.460 e. The third kappa shape index (κ3) is 3.83. The second-order valence-electron chi connectivity index (χ2n) is 6.47. The maximum absolute atomic E-state index is 12.3. The Morgan fingerprint density at radius 3 is 2.60 bits per heavy atom. The van der Waals surface area contributed by atoms with E-state index in [0.29, 0.717) is 6.54 Å². The summed E-state index contributed by atoms with van der Waals surface area (Å²) < 4.78 is 6.60. The van der Waals surface area contributed by atoms with Gasteiger partial charge < -0.3 is 10.1 Å². The van der Waals surface area contributed by atoms with E-state index in [2.05, 4.69) is 46.4 Å². The molecule has 0 aromatic heterocycles. The highest BCUT2D eigenvalue weighted by Gasteiger charge is 2.36. The van der Waals surface area contributed by atoms with Crippen LogP contribution >= 0.6 is 15.9 Å². The highest BCUT2D eigenvalue weighted by atomic mass is 79.9. The van der Waals surface area contributed by atoms with Crippen LogP contribution in [0.2, 0.25) is 0 Å². The van der Waals surface area contributed by atoms with Crippen molar-refractivity contribution in [3.05, 3.63) is 33.8 Å². The van der Waals surface area contributed by atoms with Crippen molar-refractivity contribution in [1.29, 1.82) is 0 Å². The minimum Gasteiger partial charge on any atom is -0.460 e. The van der Waals surface area contributed by atoms with Gasteiger partial charge in [0, 0.05) is 23.5 Å². The Morgan fingerprint density at radius 1 is 1.30 bits per heavy atom. The maximum atomic E-state index is 12.3. The van der Waals surface area contributed by atoms with Crippen molar-refractivity contribution in [2.75, 3.05) is 13.1 Å². The fraction of sp³-hybridized carbons (Fsp3) is 0.562. The second-order valence-corrected chi connectivity index (χ2v) is 7.38. The van der Waals surface area contributed by atoms with Crippen LogP contribution in [0, 0.1) is 12.8 Å². The number of hydrogen-bond acceptors (Lipinski definition) is 3. The molecule has 1 saturated heterocycles. The van der Waals surface area contributed by atoms with E-state index in [0.717, 1.165) is 11.0 Å². The SMILES string of the molecule is Cc1cc(Br)cc(C2CNCC2C(=O)OC(C)(C)C)c1. The highest BCUT2D eigenvalue weighted by Crippen LogP contribution is 2.32. The lowest BCUT2D eigenvalue weighted by atomic mass is 9.88. The number of carbonyl (C=O) groups excluding carboxylic acids is 1. The zero-order chi connectivity index (χ0) is 14.9. The molecule has 0 bridgehead atoms. The summed E-state index contributed by atoms with van der Waals surface area (Å²) in [6.45, 7) is 9.30. The Bertz CT molecular complexity index is 487. The van der Waals surface area contributed by atoms with Crippen LogP contribution in [0.3, 0.4) is 0 Å². The first-order valence-corrected chi connectivity index (χ1v) is 7.76. The van der Waals surface area contributed by atoms with E-state index in [9.17, 15) is 4.79 Å². The van der Waals surface area contributed by atoms with E-state index < -0.39 is 5.60 Å². The smallest absolute Gasteiger partial charge is 0.311 e. The molecule has 20 heavy (non-hydrogen) atoms. The Labute approximate surface area is 129 Å². The minimum atomic E-state index is -0.433. The molecular weight excluding hydrogens is 318 g/mol. The summed E-state index contributed by atoms with van der Waals surface area (Å²) in [5, 5.41) is 3.31. The minimum absolute atomic E-state index is 0.106. The third-order valence-corrected chi connectivity index (χ3v) is 3.87. The van der Waals surface area contributed by atoms with Gasteiger partial charge in [0.2, 0.25) is 0 Å². The number of ether oxygens (including phenoxy) is 1. The van der Waals surface area contributed by atoms with Gasteiger partial charge in [-0.2, -0.15) is 0 Å². The molecule has 0 spiro atoms. The van der Waals surface area contributed by atoms with E-state index >= 15 is 0 Å². The van der Waals surface area contributed by atoms with Gasteiger partial charge in [-0.05, 0) is 51.0 Å². The summed E-state index contributed by atoms with van der Waals surface area (Å²) in [5.74, 6) is -0.0332. The standard InChI is InChI=1S/C16H22BrNO2/c1-10-5-11(7-12(17)6-10)13-8-18-9-14(13)15(19)20-16(2,3)4/h5-7,13-14,18H,8-9H2,1-4H3. The fourth-order valence-corrected chi connectivity index (χ4v) is 3.26. The highest BCUT2D eigenvalue weighted by molar-refractivity contribution is 9.10. The average Bonchev–Trinajstić information content (AvgIpc) is 2.73. The second kappa shape index (κ2) is 5.86. The molecule has 2 atom stereocenters. The monoisotopic (exact) mass is 339 g/mol. The lowest BCUT2D eigenvalue weighted by Crippen LogP contribution is -2.31. The molecule has 2 rings (SSSR count). The van der Waals surface area contributed by atoms with Crippen LogP contribution in [0.25, 0.3) is 0 Å². The number of rotatable bonds is 2. The number of nitrogens with one attached hydrogen (secondary N) is 1. The molecule has 110 valence electrons. The van der Waals surface area contributed by atoms with Gasteiger partial charge in [-0.15, -0.1) is 0 Å². The number of aryl methyl sites for hydroxylation is 1. The molecule has 1 aromatic rings. The van der Waals surface area contributed by atoms with Gasteiger partial charge in [0.1, 0.15) is 5.60 Å². The molecule has 1 fully saturated rings. The molecule has 0 saturated carbocycles. The van der Waals surface area contributed by atoms with Crippen molar-refractivity contribution in [3.63, 3.8) is 0 Å². The van der Waals surface area contributed by atoms with Crippen LogP contribution in [0.15, 0.2) is 22.7 Å². The van der Waals surface area contributed by atoms with Gasteiger partial charge in [-0.25, -0.2) is 0 Å². The molecule has 1 aliphatic heterocycles. The van der Waals surface area contributed by atoms with E-state index in [1.807, 2.05) is 20.8 Å². The third-order valence-electron chi connectivity index (χ3n) is 3.42. The lowest BCUT2D eigenvalue weighted by molar-refractivity contribution is -0.159. The van der Waals surface area contributed by atoms with E-state index in [4.69, 9.17) is 4.74 Å². The number of carbonyl (C=O) groups is 1. The van der Waals surface area contributed by atoms with Crippen molar-refractivity contribution in [2.24, 2.45) is 5.92 Å². The zero-order valence-electron chi connectivity index (χ0n) is 12.5. The molecular formula is C16H22BrNO2. The number of hydrogen-bond donors (Lipinski definition) is 1. The van der Waals surface area contributed by atoms with Gasteiger partial charge in [0.05, 0.1) is 5.92 Å². The molecule has 1 heterocycles. The lowest BCUT2D eigenvalue weighted by Gasteiger charge is -2.25. The first kappa shape index (κ1) is 15.5. The van der Waals surface area contributed by atoms with Crippen LogP contribution in [-0.4, -0.2) is 24.7 Å². The summed E-state index contributed by atoms with van der Waals surface area (Å²) in [6.07, 6.45) is 0. The molecule has 0 amide bonds. The Morgan fingerprint density at radius 2 is 2.00 bits per heavy atom. The van der Waals surface area contributed by atoms with Crippen molar-refractivity contribution in [2.45, 2.75) is 39.2 Å². The number of benzene rings is 1. The van der Waals surface area contributed by atoms with Crippen molar-refractivity contribution >= 4 is 21.9 Å². The molecule has 1 aliphatic rings. The van der Waals surface area contributed by atoms with E-state index in [-0.39, 0.29) is 17.8 Å². The van der Waals surface area contributed by atoms with Crippen molar-refractivity contribution in [3.8, 4) is 0 Å². The van der Waals surface area contributed by atoms with Gasteiger partial charge in [-0.1, -0.05) is 22.0 Å². The Kier molecular flexibility index (Phi) is 4.55. The van der Waals surface area contributed by atoms with E-state index in [1.54, 1.807) is 0 Å². The molecule has 0 radical (unpaired) electrons. The van der Waals surface area contributed by atoms with Gasteiger partial charge in [0.25, 0.3) is 0 Å². The predicted octanol–water partition coefficient (Wildman–Crippen LogP) is 3.40. The molecule has 1 N–H and O–H groups in total.